The van der Waals surface area contributed by atoms with E-state index in [1.165, 1.54) is 16.7 Å². The van der Waals surface area contributed by atoms with E-state index in [2.05, 4.69) is 26.8 Å². The number of carbonyl (C=O) groups is 2. The monoisotopic (exact) mass is 296 g/mol. The van der Waals surface area contributed by atoms with Gasteiger partial charge in [0.05, 0.1) is 0 Å². The Morgan fingerprint density at radius 3 is 1.91 bits per heavy atom. The van der Waals surface area contributed by atoms with Crippen molar-refractivity contribution >= 4 is 12.6 Å². The summed E-state index contributed by atoms with van der Waals surface area (Å²) in [5, 5.41) is 0. The Morgan fingerprint density at radius 2 is 1.45 bits per heavy atom. The summed E-state index contributed by atoms with van der Waals surface area (Å²) in [6.07, 6.45) is 4.78. The smallest absolute Gasteiger partial charge is 0.150 e. The number of benzene rings is 2. The van der Waals surface area contributed by atoms with Crippen LogP contribution in [-0.2, 0) is 19.3 Å². The van der Waals surface area contributed by atoms with Crippen LogP contribution in [0.5, 0.6) is 0 Å². The van der Waals surface area contributed by atoms with Crippen LogP contribution in [0, 0.1) is 0 Å². The molecule has 0 spiro atoms. The maximum Gasteiger partial charge on any atom is 0.150 e. The van der Waals surface area contributed by atoms with E-state index in [9.17, 15) is 9.59 Å². The van der Waals surface area contributed by atoms with Gasteiger partial charge in [0.25, 0.3) is 0 Å². The summed E-state index contributed by atoms with van der Waals surface area (Å²) in [4.78, 5) is 20.9. The van der Waals surface area contributed by atoms with Crippen molar-refractivity contribution in [3.63, 3.8) is 0 Å². The lowest BCUT2D eigenvalue weighted by molar-refractivity contribution is 0.111. The molecule has 0 amide bonds. The Kier molecular flexibility index (Phi) is 7.84. The molecule has 0 fully saturated rings. The molecule has 0 unspecified atom stereocenters. The standard InChI is InChI=1S/C11H14O.C9H10O/c1-3-9-6-5-7-10(8-12)11(9)4-2;1-2-8-3-5-9(7-10)6-4-8/h5-8H,3-4H2,1-2H3;3-7H,2H2,1H3. The Bertz CT molecular complexity index is 598. The zero-order valence-corrected chi connectivity index (χ0v) is 13.6. The maximum absolute atomic E-state index is 10.7. The van der Waals surface area contributed by atoms with Crippen LogP contribution in [0.15, 0.2) is 42.5 Å². The van der Waals surface area contributed by atoms with Gasteiger partial charge in [-0.25, -0.2) is 0 Å². The minimum Gasteiger partial charge on any atom is -0.298 e. The minimum atomic E-state index is 0.747. The van der Waals surface area contributed by atoms with E-state index in [-0.39, 0.29) is 0 Å². The van der Waals surface area contributed by atoms with Gasteiger partial charge in [-0.15, -0.1) is 0 Å². The van der Waals surface area contributed by atoms with Crippen molar-refractivity contribution in [1.82, 2.24) is 0 Å². The van der Waals surface area contributed by atoms with Crippen molar-refractivity contribution < 1.29 is 9.59 Å². The van der Waals surface area contributed by atoms with Crippen molar-refractivity contribution in [2.24, 2.45) is 0 Å². The van der Waals surface area contributed by atoms with E-state index in [0.717, 1.165) is 43.0 Å². The van der Waals surface area contributed by atoms with Crippen LogP contribution in [-0.4, -0.2) is 12.6 Å². The first kappa shape index (κ1) is 17.8. The Morgan fingerprint density at radius 1 is 0.773 bits per heavy atom. The molecule has 0 saturated heterocycles. The second kappa shape index (κ2) is 9.67. The first-order chi connectivity index (χ1) is 10.7. The van der Waals surface area contributed by atoms with Gasteiger partial charge in [-0.05, 0) is 36.0 Å². The lowest BCUT2D eigenvalue weighted by Gasteiger charge is -2.06. The van der Waals surface area contributed by atoms with Gasteiger partial charge in [-0.3, -0.25) is 9.59 Å². The van der Waals surface area contributed by atoms with E-state index in [4.69, 9.17) is 0 Å². The van der Waals surface area contributed by atoms with E-state index in [1.807, 2.05) is 36.4 Å². The van der Waals surface area contributed by atoms with Crippen LogP contribution >= 0.6 is 0 Å². The predicted octanol–water partition coefficient (Wildman–Crippen LogP) is 4.69. The van der Waals surface area contributed by atoms with Crippen LogP contribution < -0.4 is 0 Å². The third kappa shape index (κ3) is 4.96. The second-order valence-electron chi connectivity index (χ2n) is 5.02. The molecule has 0 atom stereocenters. The number of aldehydes is 2. The van der Waals surface area contributed by atoms with Gasteiger partial charge < -0.3 is 0 Å². The summed E-state index contributed by atoms with van der Waals surface area (Å²) in [6.45, 7) is 6.29. The first-order valence-electron chi connectivity index (χ1n) is 7.80. The zero-order chi connectivity index (χ0) is 16.4. The van der Waals surface area contributed by atoms with Gasteiger partial charge in [0.1, 0.15) is 12.6 Å². The van der Waals surface area contributed by atoms with E-state index in [0.29, 0.717) is 0 Å². The molecule has 22 heavy (non-hydrogen) atoms. The first-order valence-corrected chi connectivity index (χ1v) is 7.80. The lowest BCUT2D eigenvalue weighted by atomic mass is 9.98. The number of hydrogen-bond acceptors (Lipinski definition) is 2. The number of aryl methyl sites for hydroxylation is 2. The van der Waals surface area contributed by atoms with Crippen LogP contribution in [0.4, 0.5) is 0 Å². The van der Waals surface area contributed by atoms with Crippen molar-refractivity contribution in [1.29, 1.82) is 0 Å². The summed E-state index contributed by atoms with van der Waals surface area (Å²) in [6, 6.07) is 13.5. The molecule has 0 heterocycles. The average Bonchev–Trinajstić information content (AvgIpc) is 2.61. The highest BCUT2D eigenvalue weighted by Crippen LogP contribution is 2.14. The fraction of sp³-hybridized carbons (Fsp3) is 0.300. The van der Waals surface area contributed by atoms with E-state index in [1.54, 1.807) is 0 Å². The summed E-state index contributed by atoms with van der Waals surface area (Å²) in [7, 11) is 0. The van der Waals surface area contributed by atoms with Crippen LogP contribution in [0.2, 0.25) is 0 Å². The molecule has 0 aliphatic carbocycles. The molecule has 2 aromatic carbocycles. The van der Waals surface area contributed by atoms with Gasteiger partial charge in [0.15, 0.2) is 0 Å². The molecule has 0 N–H and O–H groups in total. The Hall–Kier alpha value is -2.22. The summed E-state index contributed by atoms with van der Waals surface area (Å²) in [5.74, 6) is 0. The van der Waals surface area contributed by atoms with Crippen molar-refractivity contribution in [3.05, 3.63) is 70.3 Å². The number of rotatable bonds is 5. The van der Waals surface area contributed by atoms with Gasteiger partial charge in [0.2, 0.25) is 0 Å². The second-order valence-corrected chi connectivity index (χ2v) is 5.02. The molecule has 0 aliphatic heterocycles. The summed E-state index contributed by atoms with van der Waals surface area (Å²) >= 11 is 0. The maximum atomic E-state index is 10.7. The highest BCUT2D eigenvalue weighted by Gasteiger charge is 2.02. The van der Waals surface area contributed by atoms with Crippen molar-refractivity contribution in [2.75, 3.05) is 0 Å². The molecular formula is C20H24O2. The summed E-state index contributed by atoms with van der Waals surface area (Å²) < 4.78 is 0. The van der Waals surface area contributed by atoms with Gasteiger partial charge in [-0.2, -0.15) is 0 Å². The van der Waals surface area contributed by atoms with Crippen LogP contribution in [0.1, 0.15) is 58.2 Å². The molecule has 2 aromatic rings. The molecule has 0 aliphatic rings. The van der Waals surface area contributed by atoms with Gasteiger partial charge in [-0.1, -0.05) is 63.2 Å². The number of hydrogen-bond donors (Lipinski definition) is 0. The third-order valence-electron chi connectivity index (χ3n) is 3.69. The summed E-state index contributed by atoms with van der Waals surface area (Å²) in [5.41, 5.74) is 5.36. The van der Waals surface area contributed by atoms with E-state index < -0.39 is 0 Å². The Labute approximate surface area is 133 Å². The predicted molar refractivity (Wildman–Crippen MR) is 91.8 cm³/mol. The number of carbonyl (C=O) groups excluding carboxylic acids is 2. The molecular weight excluding hydrogens is 272 g/mol. The quantitative estimate of drug-likeness (QED) is 0.750. The minimum absolute atomic E-state index is 0.747. The lowest BCUT2D eigenvalue weighted by Crippen LogP contribution is -1.96. The molecule has 2 heteroatoms. The average molecular weight is 296 g/mol. The molecule has 0 radical (unpaired) electrons. The highest BCUT2D eigenvalue weighted by molar-refractivity contribution is 5.78. The SMILES string of the molecule is CCc1ccc(C=O)cc1.CCc1cccc(C=O)c1CC. The molecule has 2 rings (SSSR count). The normalized spacial score (nSPS) is 9.59. The molecule has 2 nitrogen and oxygen atoms in total. The van der Waals surface area contributed by atoms with Crippen molar-refractivity contribution in [3.8, 4) is 0 Å². The molecule has 0 aromatic heterocycles. The Balaban J connectivity index is 0.000000224. The largest absolute Gasteiger partial charge is 0.298 e. The van der Waals surface area contributed by atoms with Crippen LogP contribution in [0.3, 0.4) is 0 Å². The zero-order valence-electron chi connectivity index (χ0n) is 13.6. The van der Waals surface area contributed by atoms with E-state index >= 15 is 0 Å². The van der Waals surface area contributed by atoms with Crippen molar-refractivity contribution in [2.45, 2.75) is 40.0 Å². The van der Waals surface area contributed by atoms with Gasteiger partial charge >= 0.3 is 0 Å². The molecule has 116 valence electrons. The topological polar surface area (TPSA) is 34.1 Å². The fourth-order valence-electron chi connectivity index (χ4n) is 2.36. The van der Waals surface area contributed by atoms with Gasteiger partial charge in [0, 0.05) is 11.1 Å². The van der Waals surface area contributed by atoms with Crippen LogP contribution in [0.25, 0.3) is 0 Å². The molecule has 0 bridgehead atoms. The highest BCUT2D eigenvalue weighted by atomic mass is 16.1. The molecule has 0 saturated carbocycles. The third-order valence-corrected chi connectivity index (χ3v) is 3.69. The fourth-order valence-corrected chi connectivity index (χ4v) is 2.36.